The Labute approximate surface area is 219 Å². The minimum Gasteiger partial charge on any atom is -0.491 e. The first-order valence-corrected chi connectivity index (χ1v) is 13.3. The van der Waals surface area contributed by atoms with Crippen LogP contribution in [0.25, 0.3) is 10.2 Å². The molecule has 35 heavy (non-hydrogen) atoms. The third kappa shape index (κ3) is 7.77. The molecule has 1 aromatic heterocycles. The van der Waals surface area contributed by atoms with E-state index in [1.165, 1.54) is 0 Å². The van der Waals surface area contributed by atoms with Crippen LogP contribution in [0.5, 0.6) is 5.75 Å². The van der Waals surface area contributed by atoms with Crippen LogP contribution in [-0.2, 0) is 11.2 Å². The molecule has 1 aliphatic heterocycles. The van der Waals surface area contributed by atoms with Gasteiger partial charge < -0.3 is 15.2 Å². The lowest BCUT2D eigenvalue weighted by atomic mass is 10.1. The van der Waals surface area contributed by atoms with Crippen molar-refractivity contribution in [2.75, 3.05) is 52.4 Å². The number of aryl methyl sites for hydroxylation is 1. The predicted octanol–water partition coefficient (Wildman–Crippen LogP) is 3.63. The summed E-state index contributed by atoms with van der Waals surface area (Å²) in [7, 11) is 0. The fourth-order valence-corrected chi connectivity index (χ4v) is 5.42. The number of thiazole rings is 1. The van der Waals surface area contributed by atoms with Gasteiger partial charge in [-0.05, 0) is 43.2 Å². The van der Waals surface area contributed by atoms with E-state index in [0.29, 0.717) is 36.1 Å². The molecule has 188 valence electrons. The van der Waals surface area contributed by atoms with Gasteiger partial charge >= 0.3 is 0 Å². The molecule has 1 saturated heterocycles. The number of halogens is 2. The molecule has 0 saturated carbocycles. The molecule has 0 radical (unpaired) electrons. The van der Waals surface area contributed by atoms with E-state index >= 15 is 0 Å². The van der Waals surface area contributed by atoms with Gasteiger partial charge in [0.2, 0.25) is 5.91 Å². The largest absolute Gasteiger partial charge is 0.491 e. The second-order valence-electron chi connectivity index (χ2n) is 8.74. The zero-order chi connectivity index (χ0) is 24.8. The van der Waals surface area contributed by atoms with E-state index in [9.17, 15) is 9.90 Å². The van der Waals surface area contributed by atoms with Crippen LogP contribution in [0.1, 0.15) is 10.6 Å². The number of amides is 1. The fraction of sp³-hybridized carbons (Fsp3) is 0.440. The number of ether oxygens (including phenoxy) is 1. The predicted molar refractivity (Wildman–Crippen MR) is 142 cm³/mol. The Hall–Kier alpha value is -1.94. The average Bonchev–Trinajstić information content (AvgIpc) is 3.19. The van der Waals surface area contributed by atoms with E-state index in [4.69, 9.17) is 27.9 Å². The molecular weight excluding hydrogens is 507 g/mol. The maximum atomic E-state index is 12.3. The van der Waals surface area contributed by atoms with E-state index in [2.05, 4.69) is 20.1 Å². The Balaban J connectivity index is 1.11. The van der Waals surface area contributed by atoms with Crippen molar-refractivity contribution in [1.29, 1.82) is 0 Å². The van der Waals surface area contributed by atoms with Crippen LogP contribution >= 0.6 is 34.5 Å². The summed E-state index contributed by atoms with van der Waals surface area (Å²) >= 11 is 13.8. The number of hydrogen-bond acceptors (Lipinski definition) is 7. The quantitative estimate of drug-likeness (QED) is 0.412. The lowest BCUT2D eigenvalue weighted by Crippen LogP contribution is -2.51. The van der Waals surface area contributed by atoms with Crippen LogP contribution in [-0.4, -0.2) is 84.3 Å². The van der Waals surface area contributed by atoms with Gasteiger partial charge in [0.05, 0.1) is 21.8 Å². The van der Waals surface area contributed by atoms with Crippen molar-refractivity contribution in [2.45, 2.75) is 19.4 Å². The van der Waals surface area contributed by atoms with Crippen molar-refractivity contribution in [3.63, 3.8) is 0 Å². The van der Waals surface area contributed by atoms with Crippen molar-refractivity contribution in [2.24, 2.45) is 0 Å². The van der Waals surface area contributed by atoms with Gasteiger partial charge in [0.15, 0.2) is 0 Å². The Kier molecular flexibility index (Phi) is 9.21. The standard InChI is InChI=1S/C25H30Cl2N4O3S/c1-17-29-23-13-21(4-5-24(23)35-17)34-16-20(32)14-30-8-10-31(11-9-30)15-25(33)28-7-6-18-2-3-19(26)12-22(18)27/h2-5,12-13,20,32H,6-11,14-16H2,1H3,(H,28,33). The van der Waals surface area contributed by atoms with Crippen LogP contribution < -0.4 is 10.1 Å². The van der Waals surface area contributed by atoms with Crippen LogP contribution in [0, 0.1) is 6.92 Å². The lowest BCUT2D eigenvalue weighted by molar-refractivity contribution is -0.122. The Morgan fingerprint density at radius 1 is 1.17 bits per heavy atom. The number of rotatable bonds is 10. The number of fused-ring (bicyclic) bond motifs is 1. The van der Waals surface area contributed by atoms with Crippen molar-refractivity contribution in [3.05, 3.63) is 57.0 Å². The number of nitrogens with zero attached hydrogens (tertiary/aromatic N) is 3. The molecule has 3 aromatic rings. The highest BCUT2D eigenvalue weighted by molar-refractivity contribution is 7.18. The van der Waals surface area contributed by atoms with Gasteiger partial charge in [-0.3, -0.25) is 14.6 Å². The van der Waals surface area contributed by atoms with Gasteiger partial charge in [0.25, 0.3) is 0 Å². The Bertz CT molecular complexity index is 1150. The lowest BCUT2D eigenvalue weighted by Gasteiger charge is -2.35. The minimum absolute atomic E-state index is 0.00393. The number of aromatic nitrogens is 1. The third-order valence-corrected chi connectivity index (χ3v) is 7.48. The Morgan fingerprint density at radius 3 is 2.71 bits per heavy atom. The number of aliphatic hydroxyl groups is 1. The van der Waals surface area contributed by atoms with Crippen molar-refractivity contribution >= 4 is 50.7 Å². The summed E-state index contributed by atoms with van der Waals surface area (Å²) in [6.07, 6.45) is 0.0737. The summed E-state index contributed by atoms with van der Waals surface area (Å²) in [5.74, 6) is 0.722. The first-order chi connectivity index (χ1) is 16.9. The summed E-state index contributed by atoms with van der Waals surface area (Å²) < 4.78 is 6.93. The van der Waals surface area contributed by atoms with E-state index in [1.54, 1.807) is 23.5 Å². The van der Waals surface area contributed by atoms with E-state index in [-0.39, 0.29) is 12.5 Å². The van der Waals surface area contributed by atoms with Gasteiger partial charge in [-0.15, -0.1) is 11.3 Å². The number of carbonyl (C=O) groups excluding carboxylic acids is 1. The second-order valence-corrected chi connectivity index (χ2v) is 10.8. The highest BCUT2D eigenvalue weighted by Crippen LogP contribution is 2.25. The molecule has 2 N–H and O–H groups in total. The molecular formula is C25H30Cl2N4O3S. The number of nitrogens with one attached hydrogen (secondary N) is 1. The highest BCUT2D eigenvalue weighted by Gasteiger charge is 2.21. The molecule has 1 atom stereocenters. The third-order valence-electron chi connectivity index (χ3n) is 5.94. The Morgan fingerprint density at radius 2 is 1.94 bits per heavy atom. The highest BCUT2D eigenvalue weighted by atomic mass is 35.5. The number of β-amino-alcohol motifs (C(OH)–C–C–N with tert-alkyl or cyclic N) is 1. The normalized spacial score (nSPS) is 15.9. The van der Waals surface area contributed by atoms with Crippen LogP contribution in [0.2, 0.25) is 10.0 Å². The van der Waals surface area contributed by atoms with Gasteiger partial charge in [0, 0.05) is 55.4 Å². The summed E-state index contributed by atoms with van der Waals surface area (Å²) in [5.41, 5.74) is 1.89. The smallest absolute Gasteiger partial charge is 0.234 e. The number of carbonyl (C=O) groups is 1. The van der Waals surface area contributed by atoms with Gasteiger partial charge in [0.1, 0.15) is 18.5 Å². The molecule has 1 aliphatic rings. The second kappa shape index (κ2) is 12.3. The average molecular weight is 538 g/mol. The van der Waals surface area contributed by atoms with E-state index in [1.807, 2.05) is 31.2 Å². The number of piperazine rings is 1. The van der Waals surface area contributed by atoms with E-state index < -0.39 is 6.10 Å². The topological polar surface area (TPSA) is 77.9 Å². The molecule has 1 fully saturated rings. The molecule has 10 heteroatoms. The van der Waals surface area contributed by atoms with Crippen LogP contribution in [0.15, 0.2) is 36.4 Å². The molecule has 2 aromatic carbocycles. The molecule has 2 heterocycles. The van der Waals surface area contributed by atoms with Gasteiger partial charge in [-0.1, -0.05) is 29.3 Å². The molecule has 1 amide bonds. The number of benzene rings is 2. The molecule has 0 aliphatic carbocycles. The van der Waals surface area contributed by atoms with Crippen molar-refractivity contribution in [3.8, 4) is 5.75 Å². The SMILES string of the molecule is Cc1nc2cc(OCC(O)CN3CCN(CC(=O)NCCc4ccc(Cl)cc4Cl)CC3)ccc2s1. The summed E-state index contributed by atoms with van der Waals surface area (Å²) in [5, 5.41) is 15.6. The zero-order valence-electron chi connectivity index (χ0n) is 19.7. The van der Waals surface area contributed by atoms with Gasteiger partial charge in [-0.2, -0.15) is 0 Å². The zero-order valence-corrected chi connectivity index (χ0v) is 22.0. The molecule has 1 unspecified atom stereocenters. The summed E-state index contributed by atoms with van der Waals surface area (Å²) in [4.78, 5) is 21.1. The van der Waals surface area contributed by atoms with E-state index in [0.717, 1.165) is 52.7 Å². The maximum absolute atomic E-state index is 12.3. The number of aliphatic hydroxyl groups excluding tert-OH is 1. The monoisotopic (exact) mass is 536 g/mol. The molecule has 0 spiro atoms. The molecule has 7 nitrogen and oxygen atoms in total. The number of hydrogen-bond donors (Lipinski definition) is 2. The molecule has 4 rings (SSSR count). The fourth-order valence-electron chi connectivity index (χ4n) is 4.11. The first-order valence-electron chi connectivity index (χ1n) is 11.7. The van der Waals surface area contributed by atoms with Gasteiger partial charge in [-0.25, -0.2) is 4.98 Å². The molecule has 0 bridgehead atoms. The maximum Gasteiger partial charge on any atom is 0.234 e. The first kappa shape index (κ1) is 26.1. The minimum atomic E-state index is -0.586. The van der Waals surface area contributed by atoms with Crippen molar-refractivity contribution in [1.82, 2.24) is 20.1 Å². The summed E-state index contributed by atoms with van der Waals surface area (Å²) in [6, 6.07) is 11.2. The van der Waals surface area contributed by atoms with Crippen LogP contribution in [0.4, 0.5) is 0 Å². The van der Waals surface area contributed by atoms with Crippen molar-refractivity contribution < 1.29 is 14.6 Å². The summed E-state index contributed by atoms with van der Waals surface area (Å²) in [6.45, 7) is 6.82. The van der Waals surface area contributed by atoms with Crippen LogP contribution in [0.3, 0.4) is 0 Å².